The predicted molar refractivity (Wildman–Crippen MR) is 105 cm³/mol. The second-order valence-electron chi connectivity index (χ2n) is 6.56. The molecule has 1 fully saturated rings. The van der Waals surface area contributed by atoms with Gasteiger partial charge in [0.25, 0.3) is 5.56 Å². The molecule has 6 nitrogen and oxygen atoms in total. The summed E-state index contributed by atoms with van der Waals surface area (Å²) in [6, 6.07) is 9.67. The lowest BCUT2D eigenvalue weighted by molar-refractivity contribution is 0.112. The third kappa shape index (κ3) is 3.15. The number of fused-ring (bicyclic) bond motifs is 1. The number of likely N-dealkylation sites (N-methyl/N-ethyl adjacent to an activating group) is 1. The van der Waals surface area contributed by atoms with E-state index < -0.39 is 0 Å². The Morgan fingerprint density at radius 3 is 2.62 bits per heavy atom. The fourth-order valence-electron chi connectivity index (χ4n) is 3.30. The highest BCUT2D eigenvalue weighted by molar-refractivity contribution is 7.20. The molecule has 3 heterocycles. The van der Waals surface area contributed by atoms with Crippen molar-refractivity contribution in [3.05, 3.63) is 51.9 Å². The molecule has 4 rings (SSSR count). The van der Waals surface area contributed by atoms with Crippen LogP contribution in [0.4, 0.5) is 5.69 Å². The Kier molecular flexibility index (Phi) is 4.57. The van der Waals surface area contributed by atoms with Crippen LogP contribution in [-0.4, -0.2) is 54.0 Å². The average molecular weight is 368 g/mol. The van der Waals surface area contributed by atoms with Crippen LogP contribution in [0.15, 0.2) is 41.5 Å². The fourth-order valence-corrected chi connectivity index (χ4v) is 4.16. The van der Waals surface area contributed by atoms with Gasteiger partial charge in [0.2, 0.25) is 0 Å². The second kappa shape index (κ2) is 7.01. The molecule has 26 heavy (non-hydrogen) atoms. The number of nitrogens with zero attached hydrogens (tertiary/aromatic N) is 4. The minimum absolute atomic E-state index is 0.141. The first kappa shape index (κ1) is 16.9. The molecule has 0 spiro atoms. The number of carbonyl (C=O) groups excluding carboxylic acids is 1. The molecule has 3 aromatic rings. The minimum Gasteiger partial charge on any atom is -0.370 e. The number of anilines is 1. The van der Waals surface area contributed by atoms with Gasteiger partial charge >= 0.3 is 0 Å². The normalized spacial score (nSPS) is 16.0. The molecule has 7 heteroatoms. The number of benzene rings is 1. The van der Waals surface area contributed by atoms with Gasteiger partial charge in [0.15, 0.2) is 6.29 Å². The minimum atomic E-state index is -0.141. The third-order valence-electron chi connectivity index (χ3n) is 4.79. The van der Waals surface area contributed by atoms with Crippen LogP contribution in [0.2, 0.25) is 0 Å². The average Bonchev–Trinajstić information content (AvgIpc) is 2.98. The van der Waals surface area contributed by atoms with Gasteiger partial charge in [-0.05, 0) is 50.3 Å². The van der Waals surface area contributed by atoms with Crippen LogP contribution < -0.4 is 10.5 Å². The van der Waals surface area contributed by atoms with Crippen molar-refractivity contribution in [1.82, 2.24) is 14.5 Å². The molecule has 0 unspecified atom stereocenters. The van der Waals surface area contributed by atoms with E-state index >= 15 is 0 Å². The van der Waals surface area contributed by atoms with E-state index in [-0.39, 0.29) is 5.56 Å². The van der Waals surface area contributed by atoms with Crippen molar-refractivity contribution in [3.63, 3.8) is 0 Å². The van der Waals surface area contributed by atoms with Crippen LogP contribution in [0.3, 0.4) is 0 Å². The Labute approximate surface area is 155 Å². The number of thiophene rings is 1. The van der Waals surface area contributed by atoms with Crippen molar-refractivity contribution in [2.24, 2.45) is 0 Å². The Morgan fingerprint density at radius 2 is 1.85 bits per heavy atom. The zero-order chi connectivity index (χ0) is 18.1. The summed E-state index contributed by atoms with van der Waals surface area (Å²) in [6.07, 6.45) is 3.43. The molecule has 1 aromatic carbocycles. The molecule has 0 amide bonds. The molecule has 134 valence electrons. The summed E-state index contributed by atoms with van der Waals surface area (Å²) in [7, 11) is 2.16. The van der Waals surface area contributed by atoms with E-state index in [4.69, 9.17) is 0 Å². The van der Waals surface area contributed by atoms with Crippen molar-refractivity contribution < 1.29 is 4.79 Å². The summed E-state index contributed by atoms with van der Waals surface area (Å²) < 4.78 is 2.04. The maximum atomic E-state index is 12.7. The summed E-state index contributed by atoms with van der Waals surface area (Å²) in [5.74, 6) is 0. The highest BCUT2D eigenvalue weighted by atomic mass is 32.1. The first-order valence-corrected chi connectivity index (χ1v) is 9.47. The van der Waals surface area contributed by atoms with Gasteiger partial charge in [0.1, 0.15) is 11.0 Å². The molecule has 1 aliphatic rings. The van der Waals surface area contributed by atoms with Gasteiger partial charge in [0, 0.05) is 25.3 Å². The van der Waals surface area contributed by atoms with Gasteiger partial charge in [-0.3, -0.25) is 14.2 Å². The smallest absolute Gasteiger partial charge is 0.275 e. The Hall–Kier alpha value is -2.51. The summed E-state index contributed by atoms with van der Waals surface area (Å²) >= 11 is 1.18. The maximum Gasteiger partial charge on any atom is 0.275 e. The van der Waals surface area contributed by atoms with Crippen LogP contribution in [-0.2, 0) is 0 Å². The van der Waals surface area contributed by atoms with Crippen molar-refractivity contribution in [3.8, 4) is 5.69 Å². The summed E-state index contributed by atoms with van der Waals surface area (Å²) in [5.41, 5.74) is 2.38. The van der Waals surface area contributed by atoms with E-state index in [1.54, 1.807) is 6.07 Å². The van der Waals surface area contributed by atoms with Gasteiger partial charge in [-0.25, -0.2) is 4.98 Å². The second-order valence-corrected chi connectivity index (χ2v) is 7.64. The van der Waals surface area contributed by atoms with Crippen LogP contribution in [0.25, 0.3) is 15.9 Å². The lowest BCUT2D eigenvalue weighted by Crippen LogP contribution is -2.28. The van der Waals surface area contributed by atoms with E-state index in [9.17, 15) is 9.59 Å². The van der Waals surface area contributed by atoms with Crippen molar-refractivity contribution in [2.75, 3.05) is 38.1 Å². The van der Waals surface area contributed by atoms with E-state index in [2.05, 4.69) is 34.0 Å². The topological polar surface area (TPSA) is 58.4 Å². The predicted octanol–water partition coefficient (Wildman–Crippen LogP) is 2.40. The van der Waals surface area contributed by atoms with E-state index in [0.717, 1.165) is 44.6 Å². The summed E-state index contributed by atoms with van der Waals surface area (Å²) in [5, 5.41) is 0. The van der Waals surface area contributed by atoms with E-state index in [1.165, 1.54) is 27.9 Å². The quantitative estimate of drug-likeness (QED) is 0.665. The van der Waals surface area contributed by atoms with Crippen LogP contribution in [0.1, 0.15) is 16.1 Å². The SMILES string of the molecule is CN1CCCN(c2ccc(-n3cnc4cc(C=O)sc4c3=O)cc2)CC1. The summed E-state index contributed by atoms with van der Waals surface area (Å²) in [4.78, 5) is 33.2. The molecule has 0 bridgehead atoms. The number of rotatable bonds is 3. The van der Waals surface area contributed by atoms with Gasteiger partial charge < -0.3 is 9.80 Å². The molecular weight excluding hydrogens is 348 g/mol. The number of hydrogen-bond acceptors (Lipinski definition) is 6. The molecule has 1 saturated heterocycles. The zero-order valence-electron chi connectivity index (χ0n) is 14.6. The molecule has 2 aromatic heterocycles. The van der Waals surface area contributed by atoms with E-state index in [0.29, 0.717) is 15.1 Å². The number of carbonyl (C=O) groups is 1. The van der Waals surface area contributed by atoms with Crippen LogP contribution in [0.5, 0.6) is 0 Å². The highest BCUT2D eigenvalue weighted by Crippen LogP contribution is 2.21. The molecule has 0 radical (unpaired) electrons. The molecule has 0 aliphatic carbocycles. The Balaban J connectivity index is 1.64. The van der Waals surface area contributed by atoms with Crippen molar-refractivity contribution in [1.29, 1.82) is 0 Å². The Bertz CT molecular complexity index is 993. The monoisotopic (exact) mass is 368 g/mol. The largest absolute Gasteiger partial charge is 0.370 e. The fraction of sp³-hybridized carbons (Fsp3) is 0.316. The summed E-state index contributed by atoms with van der Waals surface area (Å²) in [6.45, 7) is 4.23. The van der Waals surface area contributed by atoms with E-state index in [1.807, 2.05) is 12.1 Å². The van der Waals surface area contributed by atoms with Gasteiger partial charge in [-0.2, -0.15) is 0 Å². The molecule has 1 aliphatic heterocycles. The first-order chi connectivity index (χ1) is 12.7. The maximum absolute atomic E-state index is 12.7. The lowest BCUT2D eigenvalue weighted by atomic mass is 10.2. The van der Waals surface area contributed by atoms with Crippen LogP contribution >= 0.6 is 11.3 Å². The molecule has 0 atom stereocenters. The van der Waals surface area contributed by atoms with Crippen molar-refractivity contribution >= 4 is 33.5 Å². The number of aromatic nitrogens is 2. The number of aldehydes is 1. The number of hydrogen-bond donors (Lipinski definition) is 0. The zero-order valence-corrected chi connectivity index (χ0v) is 15.4. The Morgan fingerprint density at radius 1 is 1.08 bits per heavy atom. The van der Waals surface area contributed by atoms with Gasteiger partial charge in [-0.15, -0.1) is 11.3 Å². The molecule has 0 N–H and O–H groups in total. The molecule has 0 saturated carbocycles. The van der Waals surface area contributed by atoms with Crippen LogP contribution in [0, 0.1) is 0 Å². The lowest BCUT2D eigenvalue weighted by Gasteiger charge is -2.23. The van der Waals surface area contributed by atoms with Gasteiger partial charge in [0.05, 0.1) is 16.1 Å². The molecular formula is C19H20N4O2S. The van der Waals surface area contributed by atoms with Crippen molar-refractivity contribution in [2.45, 2.75) is 6.42 Å². The first-order valence-electron chi connectivity index (χ1n) is 8.66. The van der Waals surface area contributed by atoms with Gasteiger partial charge in [-0.1, -0.05) is 0 Å². The highest BCUT2D eigenvalue weighted by Gasteiger charge is 2.14. The third-order valence-corrected chi connectivity index (χ3v) is 5.82. The standard InChI is InChI=1S/C19H20N4O2S/c1-21-7-2-8-22(10-9-21)14-3-5-15(6-4-14)23-13-20-17-11-16(12-24)26-18(17)19(23)25/h3-6,11-13H,2,7-10H2,1H3.